The first-order valence-electron chi connectivity index (χ1n) is 4.54. The zero-order valence-corrected chi connectivity index (χ0v) is 10.1. The van der Waals surface area contributed by atoms with E-state index in [4.69, 9.17) is 11.6 Å². The molecule has 0 aromatic carbocycles. The third kappa shape index (κ3) is 2.70. The summed E-state index contributed by atoms with van der Waals surface area (Å²) in [5, 5.41) is 4.73. The number of alkyl halides is 3. The van der Waals surface area contributed by atoms with Gasteiger partial charge in [-0.05, 0) is 6.07 Å². The Bertz CT molecular complexity index is 622. The third-order valence-electron chi connectivity index (χ3n) is 1.95. The van der Waals surface area contributed by atoms with Crippen molar-refractivity contribution in [2.45, 2.75) is 16.1 Å². The number of hydrogen-bond acceptors (Lipinski definition) is 3. The highest BCUT2D eigenvalue weighted by atomic mass is 35.5. The number of rotatable bonds is 2. The van der Waals surface area contributed by atoms with E-state index >= 15 is 0 Å². The molecule has 0 unspecified atom stereocenters. The summed E-state index contributed by atoms with van der Waals surface area (Å²) in [5.74, 6) is 0. The Morgan fingerprint density at radius 1 is 1.39 bits per heavy atom. The minimum absolute atomic E-state index is 0.134. The van der Waals surface area contributed by atoms with E-state index in [1.165, 1.54) is 6.20 Å². The zero-order valence-electron chi connectivity index (χ0n) is 8.51. The summed E-state index contributed by atoms with van der Waals surface area (Å²) in [6.07, 6.45) is -2.44. The highest BCUT2D eigenvalue weighted by Crippen LogP contribution is 2.35. The number of hydrogen-bond donors (Lipinski definition) is 2. The molecule has 0 aliphatic carbocycles. The van der Waals surface area contributed by atoms with Crippen LogP contribution >= 0.6 is 23.4 Å². The summed E-state index contributed by atoms with van der Waals surface area (Å²) in [7, 11) is 0. The van der Waals surface area contributed by atoms with E-state index < -0.39 is 17.3 Å². The topological polar surface area (TPSA) is 61.5 Å². The van der Waals surface area contributed by atoms with E-state index in [2.05, 4.69) is 15.2 Å². The van der Waals surface area contributed by atoms with Crippen LogP contribution in [0.4, 0.5) is 13.2 Å². The monoisotopic (exact) mass is 295 g/mol. The lowest BCUT2D eigenvalue weighted by atomic mass is 10.3. The number of halogens is 4. The quantitative estimate of drug-likeness (QED) is 0.895. The van der Waals surface area contributed by atoms with Gasteiger partial charge in [-0.1, -0.05) is 23.4 Å². The van der Waals surface area contributed by atoms with Gasteiger partial charge < -0.3 is 5.10 Å². The van der Waals surface area contributed by atoms with Gasteiger partial charge in [0.2, 0.25) is 0 Å². The maximum atomic E-state index is 12.4. The second kappa shape index (κ2) is 4.69. The van der Waals surface area contributed by atoms with Crippen LogP contribution in [0.25, 0.3) is 0 Å². The average molecular weight is 296 g/mol. The van der Waals surface area contributed by atoms with Crippen LogP contribution in [0, 0.1) is 0 Å². The van der Waals surface area contributed by atoms with Crippen molar-refractivity contribution in [2.24, 2.45) is 0 Å². The van der Waals surface area contributed by atoms with E-state index in [-0.39, 0.29) is 14.9 Å². The fraction of sp³-hybridized carbons (Fsp3) is 0.111. The smallest absolute Gasteiger partial charge is 0.304 e. The molecule has 0 bridgehead atoms. The summed E-state index contributed by atoms with van der Waals surface area (Å²) < 4.78 is 37.1. The molecule has 2 N–H and O–H groups in total. The number of aromatic amines is 2. The van der Waals surface area contributed by atoms with Gasteiger partial charge in [0.25, 0.3) is 5.56 Å². The Morgan fingerprint density at radius 2 is 2.11 bits per heavy atom. The van der Waals surface area contributed by atoms with Crippen LogP contribution in [0.15, 0.2) is 33.2 Å². The van der Waals surface area contributed by atoms with Crippen molar-refractivity contribution < 1.29 is 13.2 Å². The highest BCUT2D eigenvalue weighted by Gasteiger charge is 2.31. The third-order valence-corrected chi connectivity index (χ3v) is 3.40. The molecule has 9 heteroatoms. The molecule has 18 heavy (non-hydrogen) atoms. The number of aromatic nitrogens is 3. The zero-order chi connectivity index (χ0) is 13.3. The van der Waals surface area contributed by atoms with Crippen LogP contribution < -0.4 is 5.56 Å². The maximum Gasteiger partial charge on any atom is 0.417 e. The molecule has 2 aromatic rings. The molecule has 0 radical (unpaired) electrons. The molecule has 0 saturated carbocycles. The maximum absolute atomic E-state index is 12.4. The molecule has 0 aliphatic rings. The van der Waals surface area contributed by atoms with Crippen molar-refractivity contribution in [1.29, 1.82) is 0 Å². The van der Waals surface area contributed by atoms with Gasteiger partial charge in [0.05, 0.1) is 15.5 Å². The molecule has 0 saturated heterocycles. The lowest BCUT2D eigenvalue weighted by Gasteiger charge is -2.07. The van der Waals surface area contributed by atoms with Gasteiger partial charge in [-0.3, -0.25) is 9.89 Å². The molecule has 0 aliphatic heterocycles. The van der Waals surface area contributed by atoms with Crippen LogP contribution in [0.3, 0.4) is 0 Å². The fourth-order valence-electron chi connectivity index (χ4n) is 1.13. The molecular weight excluding hydrogens is 291 g/mol. The molecule has 4 nitrogen and oxygen atoms in total. The van der Waals surface area contributed by atoms with Gasteiger partial charge in [-0.2, -0.15) is 13.2 Å². The standard InChI is InChI=1S/C9H5ClF3N3OS/c10-5-1-4(9(11,12)13)2-14-8(5)18-6-3-15-16-7(6)17/h1-3H,(H2,15,16,17). The number of pyridine rings is 1. The van der Waals surface area contributed by atoms with Crippen LogP contribution in [0.5, 0.6) is 0 Å². The minimum Gasteiger partial charge on any atom is -0.304 e. The number of nitrogens with zero attached hydrogens (tertiary/aromatic N) is 1. The second-order valence-corrected chi connectivity index (χ2v) is 4.66. The van der Waals surface area contributed by atoms with E-state index in [0.29, 0.717) is 6.20 Å². The first kappa shape index (κ1) is 13.0. The first-order chi connectivity index (χ1) is 8.38. The molecule has 2 heterocycles. The van der Waals surface area contributed by atoms with Crippen molar-refractivity contribution >= 4 is 23.4 Å². The molecular formula is C9H5ClF3N3OS. The lowest BCUT2D eigenvalue weighted by Crippen LogP contribution is -2.06. The lowest BCUT2D eigenvalue weighted by molar-refractivity contribution is -0.137. The van der Waals surface area contributed by atoms with Gasteiger partial charge in [0.15, 0.2) is 0 Å². The Hall–Kier alpha value is -1.41. The molecule has 2 aromatic heterocycles. The molecule has 0 atom stereocenters. The van der Waals surface area contributed by atoms with Gasteiger partial charge >= 0.3 is 6.18 Å². The van der Waals surface area contributed by atoms with E-state index in [9.17, 15) is 18.0 Å². The Kier molecular flexibility index (Phi) is 3.40. The fourth-order valence-corrected chi connectivity index (χ4v) is 2.14. The molecule has 2 rings (SSSR count). The van der Waals surface area contributed by atoms with Crippen LogP contribution in [0.1, 0.15) is 5.56 Å². The molecule has 0 spiro atoms. The Morgan fingerprint density at radius 3 is 2.61 bits per heavy atom. The first-order valence-corrected chi connectivity index (χ1v) is 5.74. The van der Waals surface area contributed by atoms with Crippen LogP contribution in [-0.2, 0) is 6.18 Å². The molecule has 96 valence electrons. The average Bonchev–Trinajstić information content (AvgIpc) is 2.66. The van der Waals surface area contributed by atoms with Crippen molar-refractivity contribution in [3.63, 3.8) is 0 Å². The molecule has 0 amide bonds. The van der Waals surface area contributed by atoms with Gasteiger partial charge in [0.1, 0.15) is 5.03 Å². The van der Waals surface area contributed by atoms with Crippen molar-refractivity contribution in [2.75, 3.05) is 0 Å². The predicted molar refractivity (Wildman–Crippen MR) is 59.8 cm³/mol. The van der Waals surface area contributed by atoms with E-state index in [1.807, 2.05) is 0 Å². The molecule has 0 fully saturated rings. The summed E-state index contributed by atoms with van der Waals surface area (Å²) in [5.41, 5.74) is -1.32. The number of H-pyrrole nitrogens is 2. The Balaban J connectivity index is 2.31. The summed E-state index contributed by atoms with van der Waals surface area (Å²) in [6.45, 7) is 0. The normalized spacial score (nSPS) is 11.8. The van der Waals surface area contributed by atoms with Crippen LogP contribution in [0.2, 0.25) is 5.02 Å². The van der Waals surface area contributed by atoms with Crippen molar-refractivity contribution in [3.8, 4) is 0 Å². The predicted octanol–water partition coefficient (Wildman–Crippen LogP) is 2.92. The van der Waals surface area contributed by atoms with Gasteiger partial charge in [-0.25, -0.2) is 4.98 Å². The second-order valence-electron chi connectivity index (χ2n) is 3.22. The largest absolute Gasteiger partial charge is 0.417 e. The van der Waals surface area contributed by atoms with Gasteiger partial charge in [-0.15, -0.1) is 0 Å². The number of nitrogens with one attached hydrogen (secondary N) is 2. The Labute approximate surface area is 108 Å². The van der Waals surface area contributed by atoms with Crippen molar-refractivity contribution in [3.05, 3.63) is 39.4 Å². The summed E-state index contributed by atoms with van der Waals surface area (Å²) in [6, 6.07) is 0.776. The van der Waals surface area contributed by atoms with E-state index in [1.54, 1.807) is 0 Å². The van der Waals surface area contributed by atoms with Crippen LogP contribution in [-0.4, -0.2) is 15.2 Å². The summed E-state index contributed by atoms with van der Waals surface area (Å²) in [4.78, 5) is 15.1. The van der Waals surface area contributed by atoms with E-state index in [0.717, 1.165) is 17.8 Å². The van der Waals surface area contributed by atoms with Gasteiger partial charge in [0, 0.05) is 12.4 Å². The van der Waals surface area contributed by atoms with Crippen molar-refractivity contribution in [1.82, 2.24) is 15.2 Å². The SMILES string of the molecule is O=c1[nH][nH]cc1Sc1ncc(C(F)(F)F)cc1Cl. The minimum atomic E-state index is -4.49. The summed E-state index contributed by atoms with van der Waals surface area (Å²) >= 11 is 6.58. The highest BCUT2D eigenvalue weighted by molar-refractivity contribution is 7.99.